The number of esters is 1. The number of hydrogen-bond acceptors (Lipinski definition) is 8. The molecule has 45 heavy (non-hydrogen) atoms. The van der Waals surface area contributed by atoms with Gasteiger partial charge in [0.1, 0.15) is 13.2 Å². The van der Waals surface area contributed by atoms with Crippen molar-refractivity contribution < 1.29 is 33.4 Å². The lowest BCUT2D eigenvalue weighted by molar-refractivity contribution is -0.127. The third-order valence-corrected chi connectivity index (χ3v) is 8.16. The number of amides is 3. The highest BCUT2D eigenvalue weighted by Gasteiger charge is 2.36. The summed E-state index contributed by atoms with van der Waals surface area (Å²) in [6, 6.07) is 14.6. The van der Waals surface area contributed by atoms with Crippen LogP contribution in [0.2, 0.25) is 15.1 Å². The second-order valence-electron chi connectivity index (χ2n) is 9.66. The molecule has 1 heterocycles. The fourth-order valence-corrected chi connectivity index (χ4v) is 5.57. The maximum absolute atomic E-state index is 13.1. The average Bonchev–Trinajstić information content (AvgIpc) is 3.25. The molecule has 1 N–H and O–H groups in total. The summed E-state index contributed by atoms with van der Waals surface area (Å²) in [6.07, 6.45) is 3.11. The number of carbonyl (C=O) groups is 4. The van der Waals surface area contributed by atoms with Crippen molar-refractivity contribution in [2.45, 2.75) is 33.3 Å². The molecule has 0 unspecified atom stereocenters. The van der Waals surface area contributed by atoms with E-state index in [9.17, 15) is 19.2 Å². The largest absolute Gasteiger partial charge is 0.490 e. The number of anilines is 1. The van der Waals surface area contributed by atoms with E-state index in [-0.39, 0.29) is 34.4 Å². The average molecular weight is 692 g/mol. The van der Waals surface area contributed by atoms with Gasteiger partial charge in [-0.05, 0) is 79.2 Å². The molecule has 3 aromatic carbocycles. The van der Waals surface area contributed by atoms with Crippen LogP contribution in [0.3, 0.4) is 0 Å². The molecule has 1 aliphatic heterocycles. The smallest absolute Gasteiger partial charge is 0.339 e. The molecule has 236 valence electrons. The van der Waals surface area contributed by atoms with E-state index in [0.29, 0.717) is 40.1 Å². The molecular weight excluding hydrogens is 663 g/mol. The highest BCUT2D eigenvalue weighted by atomic mass is 35.5. The van der Waals surface area contributed by atoms with Gasteiger partial charge < -0.3 is 19.5 Å². The zero-order chi connectivity index (χ0) is 32.5. The zero-order valence-electron chi connectivity index (χ0n) is 24.4. The van der Waals surface area contributed by atoms with Gasteiger partial charge >= 0.3 is 5.97 Å². The second kappa shape index (κ2) is 16.0. The molecule has 3 aromatic rings. The highest BCUT2D eigenvalue weighted by molar-refractivity contribution is 8.18. The van der Waals surface area contributed by atoms with Gasteiger partial charge in [-0.15, -0.1) is 0 Å². The van der Waals surface area contributed by atoms with E-state index in [1.165, 1.54) is 18.2 Å². The van der Waals surface area contributed by atoms with Crippen molar-refractivity contribution in [2.24, 2.45) is 0 Å². The monoisotopic (exact) mass is 690 g/mol. The summed E-state index contributed by atoms with van der Waals surface area (Å²) in [5.41, 5.74) is 1.69. The summed E-state index contributed by atoms with van der Waals surface area (Å²) in [5, 5.41) is 3.16. The molecule has 0 radical (unpaired) electrons. The maximum atomic E-state index is 13.1. The van der Waals surface area contributed by atoms with Crippen molar-refractivity contribution in [3.63, 3.8) is 0 Å². The Morgan fingerprint density at radius 3 is 2.47 bits per heavy atom. The molecule has 0 aromatic heterocycles. The minimum Gasteiger partial charge on any atom is -0.490 e. The minimum absolute atomic E-state index is 0.0938. The van der Waals surface area contributed by atoms with Gasteiger partial charge in [-0.1, -0.05) is 60.3 Å². The fourth-order valence-electron chi connectivity index (χ4n) is 4.07. The van der Waals surface area contributed by atoms with Crippen LogP contribution in [0, 0.1) is 0 Å². The molecule has 13 heteroatoms. The fraction of sp³-hybridized carbons (Fsp3) is 0.250. The number of rotatable bonds is 13. The summed E-state index contributed by atoms with van der Waals surface area (Å²) in [6.45, 7) is 4.06. The van der Waals surface area contributed by atoms with E-state index in [2.05, 4.69) is 5.32 Å². The Kier molecular flexibility index (Phi) is 12.2. The van der Waals surface area contributed by atoms with E-state index < -0.39 is 29.6 Å². The van der Waals surface area contributed by atoms with E-state index in [1.54, 1.807) is 42.5 Å². The lowest BCUT2D eigenvalue weighted by Gasteiger charge is -2.14. The molecule has 1 aliphatic rings. The summed E-state index contributed by atoms with van der Waals surface area (Å²) in [7, 11) is 0. The Morgan fingerprint density at radius 2 is 1.73 bits per heavy atom. The number of unbranched alkanes of at least 4 members (excludes halogenated alkanes) is 1. The number of thioether (sulfide) groups is 1. The lowest BCUT2D eigenvalue weighted by atomic mass is 10.1. The van der Waals surface area contributed by atoms with Gasteiger partial charge in [-0.25, -0.2) is 4.79 Å². The van der Waals surface area contributed by atoms with Crippen LogP contribution < -0.4 is 14.8 Å². The third-order valence-electron chi connectivity index (χ3n) is 6.34. The lowest BCUT2D eigenvalue weighted by Crippen LogP contribution is -2.36. The van der Waals surface area contributed by atoms with E-state index in [1.807, 2.05) is 13.8 Å². The van der Waals surface area contributed by atoms with Gasteiger partial charge in [0.05, 0.1) is 28.7 Å². The van der Waals surface area contributed by atoms with Crippen molar-refractivity contribution in [3.05, 3.63) is 91.3 Å². The number of carbonyl (C=O) groups excluding carboxylic acids is 4. The Morgan fingerprint density at radius 1 is 0.933 bits per heavy atom. The topological polar surface area (TPSA) is 111 Å². The molecule has 0 spiro atoms. The van der Waals surface area contributed by atoms with Crippen LogP contribution in [-0.2, 0) is 20.9 Å². The van der Waals surface area contributed by atoms with E-state index >= 15 is 0 Å². The molecular formula is C32H29Cl3N2O7S. The Balaban J connectivity index is 1.42. The second-order valence-corrected chi connectivity index (χ2v) is 11.9. The van der Waals surface area contributed by atoms with Crippen molar-refractivity contribution in [3.8, 4) is 11.5 Å². The summed E-state index contributed by atoms with van der Waals surface area (Å²) in [4.78, 5) is 51.9. The molecule has 3 amide bonds. The Bertz CT molecular complexity index is 1650. The quantitative estimate of drug-likeness (QED) is 0.108. The van der Waals surface area contributed by atoms with Gasteiger partial charge in [0.2, 0.25) is 5.91 Å². The number of nitrogens with one attached hydrogen (secondary N) is 1. The first-order valence-electron chi connectivity index (χ1n) is 13.9. The number of benzene rings is 3. The minimum atomic E-state index is -0.632. The van der Waals surface area contributed by atoms with Gasteiger partial charge in [0, 0.05) is 21.3 Å². The first-order chi connectivity index (χ1) is 21.6. The summed E-state index contributed by atoms with van der Waals surface area (Å²) < 4.78 is 16.9. The van der Waals surface area contributed by atoms with Crippen molar-refractivity contribution in [2.75, 3.05) is 25.1 Å². The van der Waals surface area contributed by atoms with Gasteiger partial charge in [-0.2, -0.15) is 0 Å². The SMILES string of the molecule is CCCCOC(=O)c1cc(NC(=O)CN2C(=O)S/C(=C/c3ccc(OCc4ccc(Cl)cc4Cl)c(OCC)c3)C2=O)ccc1Cl. The first-order valence-corrected chi connectivity index (χ1v) is 15.9. The molecule has 1 fully saturated rings. The number of halogens is 3. The van der Waals surface area contributed by atoms with Gasteiger partial charge in [0.15, 0.2) is 11.5 Å². The van der Waals surface area contributed by atoms with E-state index in [4.69, 9.17) is 49.0 Å². The molecule has 0 bridgehead atoms. The van der Waals surface area contributed by atoms with Crippen LogP contribution in [0.4, 0.5) is 10.5 Å². The Labute approximate surface area is 279 Å². The van der Waals surface area contributed by atoms with Crippen molar-refractivity contribution in [1.82, 2.24) is 4.90 Å². The molecule has 0 aliphatic carbocycles. The predicted molar refractivity (Wildman–Crippen MR) is 176 cm³/mol. The van der Waals surface area contributed by atoms with Gasteiger partial charge in [0.25, 0.3) is 11.1 Å². The van der Waals surface area contributed by atoms with Crippen LogP contribution in [0.1, 0.15) is 48.2 Å². The Hall–Kier alpha value is -3.70. The molecule has 4 rings (SSSR count). The maximum Gasteiger partial charge on any atom is 0.339 e. The molecule has 9 nitrogen and oxygen atoms in total. The highest BCUT2D eigenvalue weighted by Crippen LogP contribution is 2.35. The van der Waals surface area contributed by atoms with Crippen LogP contribution in [0.25, 0.3) is 6.08 Å². The van der Waals surface area contributed by atoms with Crippen LogP contribution >= 0.6 is 46.6 Å². The first kappa shape index (κ1) is 34.2. The number of imide groups is 1. The van der Waals surface area contributed by atoms with Crippen LogP contribution in [-0.4, -0.2) is 47.7 Å². The van der Waals surface area contributed by atoms with Crippen LogP contribution in [0.5, 0.6) is 11.5 Å². The summed E-state index contributed by atoms with van der Waals surface area (Å²) in [5.74, 6) is -0.964. The molecule has 0 saturated carbocycles. The molecule has 1 saturated heterocycles. The molecule has 0 atom stereocenters. The predicted octanol–water partition coefficient (Wildman–Crippen LogP) is 8.26. The standard InChI is InChI=1S/C32H29Cl3N2O7S/c1-3-5-12-43-31(40)23-16-22(9-10-24(23)34)36-29(38)17-37-30(39)28(45-32(37)41)14-19-6-11-26(27(13-19)42-4-2)44-18-20-7-8-21(33)15-25(20)35/h6-11,13-16H,3-5,12,17-18H2,1-2H3,(H,36,38)/b28-14+. The van der Waals surface area contributed by atoms with Crippen molar-refractivity contribution >= 4 is 81.4 Å². The number of hydrogen-bond donors (Lipinski definition) is 1. The summed E-state index contributed by atoms with van der Waals surface area (Å²) >= 11 is 19.1. The van der Waals surface area contributed by atoms with Crippen molar-refractivity contribution in [1.29, 1.82) is 0 Å². The van der Waals surface area contributed by atoms with Gasteiger partial charge in [-0.3, -0.25) is 19.3 Å². The third kappa shape index (κ3) is 9.17. The van der Waals surface area contributed by atoms with E-state index in [0.717, 1.165) is 28.6 Å². The normalized spacial score (nSPS) is 13.7. The zero-order valence-corrected chi connectivity index (χ0v) is 27.4. The van der Waals surface area contributed by atoms with Crippen LogP contribution in [0.15, 0.2) is 59.5 Å². The number of ether oxygens (including phenoxy) is 3. The number of nitrogens with zero attached hydrogens (tertiary/aromatic N) is 1.